The van der Waals surface area contributed by atoms with Crippen molar-refractivity contribution in [2.45, 2.75) is 6.61 Å². The number of nitrogens with two attached hydrogens (primary N) is 1. The molecular weight excluding hydrogens is 294 g/mol. The molecule has 2 rings (SSSR count). The van der Waals surface area contributed by atoms with Crippen LogP contribution >= 0.6 is 0 Å². The second-order valence-electron chi connectivity index (χ2n) is 4.27. The normalized spacial score (nSPS) is 10.3. The van der Waals surface area contributed by atoms with Gasteiger partial charge in [0.15, 0.2) is 0 Å². The van der Waals surface area contributed by atoms with Crippen LogP contribution in [0.1, 0.15) is 20.7 Å². The highest BCUT2D eigenvalue weighted by Gasteiger charge is 2.15. The largest absolute Gasteiger partial charge is 0.434 e. The van der Waals surface area contributed by atoms with Gasteiger partial charge in [-0.1, -0.05) is 18.2 Å². The van der Waals surface area contributed by atoms with Crippen LogP contribution in [0.5, 0.6) is 5.75 Å². The van der Waals surface area contributed by atoms with Crippen molar-refractivity contribution in [3.8, 4) is 5.75 Å². The molecule has 7 heteroatoms. The average molecular weight is 306 g/mol. The van der Waals surface area contributed by atoms with Crippen LogP contribution in [0, 0.1) is 0 Å². The Kier molecular flexibility index (Phi) is 4.67. The van der Waals surface area contributed by atoms with E-state index in [0.717, 1.165) is 0 Å². The fourth-order valence-corrected chi connectivity index (χ4v) is 1.80. The van der Waals surface area contributed by atoms with E-state index < -0.39 is 18.4 Å². The maximum absolute atomic E-state index is 12.3. The topological polar surface area (TPSA) is 81.4 Å². The van der Waals surface area contributed by atoms with Gasteiger partial charge in [0.2, 0.25) is 5.91 Å². The summed E-state index contributed by atoms with van der Waals surface area (Å²) in [6, 6.07) is 11.6. The zero-order valence-electron chi connectivity index (χ0n) is 11.3. The van der Waals surface area contributed by atoms with E-state index in [0.29, 0.717) is 5.69 Å². The summed E-state index contributed by atoms with van der Waals surface area (Å²) in [5.74, 6) is -1.52. The summed E-state index contributed by atoms with van der Waals surface area (Å²) < 4.78 is 29.0. The summed E-state index contributed by atoms with van der Waals surface area (Å²) in [5.41, 5.74) is 5.63. The Morgan fingerprint density at radius 1 is 1.09 bits per heavy atom. The molecule has 0 aromatic heterocycles. The van der Waals surface area contributed by atoms with Crippen molar-refractivity contribution >= 4 is 17.5 Å². The maximum Gasteiger partial charge on any atom is 0.387 e. The lowest BCUT2D eigenvalue weighted by molar-refractivity contribution is -0.0501. The minimum absolute atomic E-state index is 0.0488. The van der Waals surface area contributed by atoms with E-state index in [4.69, 9.17) is 5.73 Å². The maximum atomic E-state index is 12.3. The Hall–Kier alpha value is -2.96. The number of carbonyl (C=O) groups is 2. The van der Waals surface area contributed by atoms with Crippen LogP contribution in [0.25, 0.3) is 0 Å². The van der Waals surface area contributed by atoms with Gasteiger partial charge in [-0.25, -0.2) is 0 Å². The van der Waals surface area contributed by atoms with E-state index in [1.54, 1.807) is 6.07 Å². The van der Waals surface area contributed by atoms with Crippen LogP contribution in [-0.4, -0.2) is 18.4 Å². The molecule has 0 aliphatic carbocycles. The fraction of sp³-hybridized carbons (Fsp3) is 0.0667. The van der Waals surface area contributed by atoms with E-state index in [1.165, 1.54) is 42.5 Å². The Balaban J connectivity index is 2.22. The SMILES string of the molecule is NC(=O)c1cccc(NC(=O)c2ccccc2OC(F)F)c1. The van der Waals surface area contributed by atoms with Gasteiger partial charge in [0.1, 0.15) is 5.75 Å². The van der Waals surface area contributed by atoms with Gasteiger partial charge in [-0.05, 0) is 30.3 Å². The number of para-hydroxylation sites is 1. The monoisotopic (exact) mass is 306 g/mol. The standard InChI is InChI=1S/C15H12F2N2O3/c16-15(17)22-12-7-2-1-6-11(12)14(21)19-10-5-3-4-9(8-10)13(18)20/h1-8,15H,(H2,18,20)(H,19,21). The average Bonchev–Trinajstić information content (AvgIpc) is 2.47. The molecule has 0 spiro atoms. The molecule has 3 N–H and O–H groups in total. The van der Waals surface area contributed by atoms with Crippen LogP contribution < -0.4 is 15.8 Å². The van der Waals surface area contributed by atoms with Gasteiger partial charge in [-0.15, -0.1) is 0 Å². The van der Waals surface area contributed by atoms with Gasteiger partial charge >= 0.3 is 6.61 Å². The van der Waals surface area contributed by atoms with Crippen molar-refractivity contribution in [3.05, 3.63) is 59.7 Å². The summed E-state index contributed by atoms with van der Waals surface area (Å²) in [4.78, 5) is 23.2. The number of hydrogen-bond acceptors (Lipinski definition) is 3. The molecule has 0 unspecified atom stereocenters. The highest BCUT2D eigenvalue weighted by molar-refractivity contribution is 6.06. The number of alkyl halides is 2. The lowest BCUT2D eigenvalue weighted by atomic mass is 10.1. The van der Waals surface area contributed by atoms with E-state index in [9.17, 15) is 18.4 Å². The molecule has 5 nitrogen and oxygen atoms in total. The summed E-state index contributed by atoms with van der Waals surface area (Å²) >= 11 is 0. The van der Waals surface area contributed by atoms with Crippen molar-refractivity contribution in [3.63, 3.8) is 0 Å². The number of carbonyl (C=O) groups excluding carboxylic acids is 2. The first-order valence-corrected chi connectivity index (χ1v) is 6.22. The molecule has 0 bridgehead atoms. The predicted molar refractivity (Wildman–Crippen MR) is 76.0 cm³/mol. The van der Waals surface area contributed by atoms with Gasteiger partial charge in [-0.3, -0.25) is 9.59 Å². The van der Waals surface area contributed by atoms with Gasteiger partial charge in [0, 0.05) is 11.3 Å². The van der Waals surface area contributed by atoms with E-state index in [1.807, 2.05) is 0 Å². The van der Waals surface area contributed by atoms with E-state index in [-0.39, 0.29) is 16.9 Å². The lowest BCUT2D eigenvalue weighted by Crippen LogP contribution is -2.16. The number of amides is 2. The first-order valence-electron chi connectivity index (χ1n) is 6.22. The number of ether oxygens (including phenoxy) is 1. The first-order chi connectivity index (χ1) is 10.5. The van der Waals surface area contributed by atoms with Crippen LogP contribution in [0.2, 0.25) is 0 Å². The molecule has 0 fully saturated rings. The molecule has 0 saturated heterocycles. The molecule has 114 valence electrons. The van der Waals surface area contributed by atoms with Crippen LogP contribution in [-0.2, 0) is 0 Å². The van der Waals surface area contributed by atoms with Crippen molar-refractivity contribution < 1.29 is 23.1 Å². The van der Waals surface area contributed by atoms with Crippen LogP contribution in [0.3, 0.4) is 0 Å². The Labute approximate surface area is 124 Å². The lowest BCUT2D eigenvalue weighted by Gasteiger charge is -2.11. The summed E-state index contributed by atoms with van der Waals surface area (Å²) in [5, 5.41) is 2.50. The first kappa shape index (κ1) is 15.4. The Bertz CT molecular complexity index is 705. The number of hydrogen-bond donors (Lipinski definition) is 2. The van der Waals surface area contributed by atoms with Crippen molar-refractivity contribution in [1.82, 2.24) is 0 Å². The molecule has 2 aromatic carbocycles. The van der Waals surface area contributed by atoms with Crippen molar-refractivity contribution in [2.24, 2.45) is 5.73 Å². The van der Waals surface area contributed by atoms with E-state index >= 15 is 0 Å². The highest BCUT2D eigenvalue weighted by atomic mass is 19.3. The molecule has 0 aliphatic rings. The highest BCUT2D eigenvalue weighted by Crippen LogP contribution is 2.22. The fourth-order valence-electron chi connectivity index (χ4n) is 1.80. The molecule has 2 amide bonds. The van der Waals surface area contributed by atoms with Crippen molar-refractivity contribution in [2.75, 3.05) is 5.32 Å². The minimum Gasteiger partial charge on any atom is -0.434 e. The van der Waals surface area contributed by atoms with Gasteiger partial charge in [0.05, 0.1) is 5.56 Å². The minimum atomic E-state index is -3.04. The number of rotatable bonds is 5. The number of benzene rings is 2. The molecular formula is C15H12F2N2O3. The molecule has 0 aliphatic heterocycles. The van der Waals surface area contributed by atoms with Crippen molar-refractivity contribution in [1.29, 1.82) is 0 Å². The van der Waals surface area contributed by atoms with Crippen LogP contribution in [0.15, 0.2) is 48.5 Å². The second-order valence-corrected chi connectivity index (χ2v) is 4.27. The Morgan fingerprint density at radius 2 is 1.82 bits per heavy atom. The number of nitrogens with one attached hydrogen (secondary N) is 1. The molecule has 0 radical (unpaired) electrons. The van der Waals surface area contributed by atoms with Crippen LogP contribution in [0.4, 0.5) is 14.5 Å². The quantitative estimate of drug-likeness (QED) is 0.891. The summed E-state index contributed by atoms with van der Waals surface area (Å²) in [6.07, 6.45) is 0. The van der Waals surface area contributed by atoms with E-state index in [2.05, 4.69) is 10.1 Å². The van der Waals surface area contributed by atoms with Gasteiger partial charge < -0.3 is 15.8 Å². The third kappa shape index (κ3) is 3.78. The third-order valence-corrected chi connectivity index (χ3v) is 2.75. The molecule has 0 saturated carbocycles. The van der Waals surface area contributed by atoms with Gasteiger partial charge in [0.25, 0.3) is 5.91 Å². The number of primary amides is 1. The summed E-state index contributed by atoms with van der Waals surface area (Å²) in [6.45, 7) is -3.04. The zero-order chi connectivity index (χ0) is 16.1. The summed E-state index contributed by atoms with van der Waals surface area (Å²) in [7, 11) is 0. The molecule has 22 heavy (non-hydrogen) atoms. The molecule has 0 heterocycles. The second kappa shape index (κ2) is 6.66. The molecule has 2 aromatic rings. The third-order valence-electron chi connectivity index (χ3n) is 2.75. The zero-order valence-corrected chi connectivity index (χ0v) is 11.3. The molecule has 0 atom stereocenters. The number of halogens is 2. The Morgan fingerprint density at radius 3 is 2.50 bits per heavy atom. The smallest absolute Gasteiger partial charge is 0.387 e. The van der Waals surface area contributed by atoms with Gasteiger partial charge in [-0.2, -0.15) is 8.78 Å². The predicted octanol–water partition coefficient (Wildman–Crippen LogP) is 2.64. The number of anilines is 1.